The van der Waals surface area contributed by atoms with E-state index >= 15 is 0 Å². The van der Waals surface area contributed by atoms with Gasteiger partial charge in [-0.3, -0.25) is 9.59 Å². The highest BCUT2D eigenvalue weighted by atomic mass is 16.6. The molecule has 100 valence electrons. The van der Waals surface area contributed by atoms with E-state index in [9.17, 15) is 9.59 Å². The fraction of sp³-hybridized carbons (Fsp3) is 0.846. The van der Waals surface area contributed by atoms with Gasteiger partial charge in [-0.05, 0) is 33.6 Å². The maximum atomic E-state index is 11.6. The third kappa shape index (κ3) is 8.72. The van der Waals surface area contributed by atoms with Crippen molar-refractivity contribution in [2.24, 2.45) is 0 Å². The van der Waals surface area contributed by atoms with Crippen LogP contribution in [-0.4, -0.2) is 23.6 Å². The van der Waals surface area contributed by atoms with Gasteiger partial charge in [-0.1, -0.05) is 13.8 Å². The molecule has 1 unspecified atom stereocenters. The van der Waals surface area contributed by atoms with Gasteiger partial charge in [0, 0.05) is 6.42 Å². The zero-order valence-electron chi connectivity index (χ0n) is 11.5. The molecule has 0 N–H and O–H groups in total. The quantitative estimate of drug-likeness (QED) is 0.674. The molecular formula is C13H24O4. The van der Waals surface area contributed by atoms with Crippen LogP contribution in [0, 0.1) is 0 Å². The first-order valence-electron chi connectivity index (χ1n) is 6.19. The van der Waals surface area contributed by atoms with E-state index in [0.29, 0.717) is 12.8 Å². The summed E-state index contributed by atoms with van der Waals surface area (Å²) in [6.45, 7) is 9.24. The van der Waals surface area contributed by atoms with Crippen molar-refractivity contribution in [3.8, 4) is 0 Å². The summed E-state index contributed by atoms with van der Waals surface area (Å²) in [5.41, 5.74) is -0.497. The van der Waals surface area contributed by atoms with E-state index < -0.39 is 5.60 Å². The summed E-state index contributed by atoms with van der Waals surface area (Å²) in [6, 6.07) is 0. The largest absolute Gasteiger partial charge is 0.462 e. The molecule has 0 radical (unpaired) electrons. The van der Waals surface area contributed by atoms with Gasteiger partial charge in [-0.2, -0.15) is 0 Å². The van der Waals surface area contributed by atoms with Crippen molar-refractivity contribution in [3.63, 3.8) is 0 Å². The van der Waals surface area contributed by atoms with E-state index in [4.69, 9.17) is 9.47 Å². The van der Waals surface area contributed by atoms with E-state index in [1.54, 1.807) is 0 Å². The molecule has 0 aliphatic rings. The molecule has 0 aliphatic carbocycles. The minimum absolute atomic E-state index is 0.128. The molecule has 1 atom stereocenters. The highest BCUT2D eigenvalue weighted by Gasteiger charge is 2.21. The normalized spacial score (nSPS) is 13.0. The second kappa shape index (κ2) is 7.30. The van der Waals surface area contributed by atoms with Crippen LogP contribution < -0.4 is 0 Å². The zero-order valence-corrected chi connectivity index (χ0v) is 11.5. The molecule has 0 saturated heterocycles. The topological polar surface area (TPSA) is 52.6 Å². The summed E-state index contributed by atoms with van der Waals surface area (Å²) in [5.74, 6) is -0.573. The van der Waals surface area contributed by atoms with Gasteiger partial charge in [-0.25, -0.2) is 0 Å². The highest BCUT2D eigenvalue weighted by molar-refractivity contribution is 5.72. The van der Waals surface area contributed by atoms with Gasteiger partial charge in [-0.15, -0.1) is 0 Å². The lowest BCUT2D eigenvalue weighted by atomic mass is 10.1. The number of carbonyl (C=O) groups is 2. The number of hydrogen-bond donors (Lipinski definition) is 0. The summed E-state index contributed by atoms with van der Waals surface area (Å²) in [6.07, 6.45) is 1.52. The summed E-state index contributed by atoms with van der Waals surface area (Å²) >= 11 is 0. The van der Waals surface area contributed by atoms with Crippen molar-refractivity contribution < 1.29 is 19.1 Å². The monoisotopic (exact) mass is 244 g/mol. The molecule has 0 rings (SSSR count). The number of ether oxygens (including phenoxy) is 2. The van der Waals surface area contributed by atoms with Crippen molar-refractivity contribution in [2.45, 2.75) is 72.0 Å². The maximum Gasteiger partial charge on any atom is 0.310 e. The molecule has 0 spiro atoms. The lowest BCUT2D eigenvalue weighted by molar-refractivity contribution is -0.161. The zero-order chi connectivity index (χ0) is 13.5. The Hall–Kier alpha value is -1.06. The van der Waals surface area contributed by atoms with Gasteiger partial charge in [0.05, 0.1) is 6.42 Å². The van der Waals surface area contributed by atoms with Crippen LogP contribution in [0.2, 0.25) is 0 Å². The van der Waals surface area contributed by atoms with Crippen LogP contribution in [0.4, 0.5) is 0 Å². The SMILES string of the molecule is CCCC(=O)OC(CC)CC(=O)OC(C)(C)C. The number of esters is 2. The van der Waals surface area contributed by atoms with Crippen LogP contribution in [0.15, 0.2) is 0 Å². The number of carbonyl (C=O) groups excluding carboxylic acids is 2. The van der Waals surface area contributed by atoms with Crippen LogP contribution >= 0.6 is 0 Å². The second-order valence-electron chi connectivity index (χ2n) is 5.06. The molecule has 0 fully saturated rings. The van der Waals surface area contributed by atoms with Gasteiger partial charge in [0.15, 0.2) is 0 Å². The molecule has 0 aliphatic heterocycles. The smallest absolute Gasteiger partial charge is 0.310 e. The van der Waals surface area contributed by atoms with Gasteiger partial charge in [0.25, 0.3) is 0 Å². The van der Waals surface area contributed by atoms with E-state index in [1.165, 1.54) is 0 Å². The molecule has 0 bridgehead atoms. The third-order valence-electron chi connectivity index (χ3n) is 2.02. The Morgan fingerprint density at radius 3 is 2.12 bits per heavy atom. The van der Waals surface area contributed by atoms with Gasteiger partial charge in [0.1, 0.15) is 11.7 Å². The van der Waals surface area contributed by atoms with Crippen LogP contribution in [0.1, 0.15) is 60.3 Å². The second-order valence-corrected chi connectivity index (χ2v) is 5.06. The Morgan fingerprint density at radius 1 is 1.12 bits per heavy atom. The molecule has 0 amide bonds. The Bertz CT molecular complexity index is 253. The van der Waals surface area contributed by atoms with Gasteiger partial charge < -0.3 is 9.47 Å². The summed E-state index contributed by atoms with van der Waals surface area (Å²) in [7, 11) is 0. The van der Waals surface area contributed by atoms with Gasteiger partial charge in [0.2, 0.25) is 0 Å². The fourth-order valence-corrected chi connectivity index (χ4v) is 1.29. The molecule has 0 aromatic heterocycles. The Morgan fingerprint density at radius 2 is 1.71 bits per heavy atom. The van der Waals surface area contributed by atoms with Crippen molar-refractivity contribution in [1.82, 2.24) is 0 Å². The summed E-state index contributed by atoms with van der Waals surface area (Å²) in [4.78, 5) is 22.9. The molecule has 17 heavy (non-hydrogen) atoms. The van der Waals surface area contributed by atoms with Crippen molar-refractivity contribution in [2.75, 3.05) is 0 Å². The first-order valence-corrected chi connectivity index (χ1v) is 6.19. The Kier molecular flexibility index (Phi) is 6.85. The predicted molar refractivity (Wildman–Crippen MR) is 65.5 cm³/mol. The molecule has 0 heterocycles. The first kappa shape index (κ1) is 15.9. The molecule has 0 saturated carbocycles. The number of hydrogen-bond acceptors (Lipinski definition) is 4. The Labute approximate surface area is 104 Å². The van der Waals surface area contributed by atoms with Crippen LogP contribution in [0.25, 0.3) is 0 Å². The highest BCUT2D eigenvalue weighted by Crippen LogP contribution is 2.12. The average Bonchev–Trinajstić information content (AvgIpc) is 2.13. The van der Waals surface area contributed by atoms with E-state index in [2.05, 4.69) is 0 Å². The first-order chi connectivity index (χ1) is 7.78. The third-order valence-corrected chi connectivity index (χ3v) is 2.02. The molecule has 4 nitrogen and oxygen atoms in total. The van der Waals surface area contributed by atoms with Crippen LogP contribution in [-0.2, 0) is 19.1 Å². The van der Waals surface area contributed by atoms with Gasteiger partial charge >= 0.3 is 11.9 Å². The molecule has 4 heteroatoms. The standard InChI is InChI=1S/C13H24O4/c1-6-8-11(14)16-10(7-2)9-12(15)17-13(3,4)5/h10H,6-9H2,1-5H3. The predicted octanol–water partition coefficient (Wildman–Crippen LogP) is 2.84. The minimum Gasteiger partial charge on any atom is -0.462 e. The molecular weight excluding hydrogens is 220 g/mol. The van der Waals surface area contributed by atoms with E-state index in [-0.39, 0.29) is 24.5 Å². The van der Waals surface area contributed by atoms with Crippen LogP contribution in [0.3, 0.4) is 0 Å². The fourth-order valence-electron chi connectivity index (χ4n) is 1.29. The van der Waals surface area contributed by atoms with Crippen molar-refractivity contribution >= 4 is 11.9 Å². The summed E-state index contributed by atoms with van der Waals surface area (Å²) in [5, 5.41) is 0. The average molecular weight is 244 g/mol. The van der Waals surface area contributed by atoms with E-state index in [0.717, 1.165) is 6.42 Å². The van der Waals surface area contributed by atoms with Crippen LogP contribution in [0.5, 0.6) is 0 Å². The number of rotatable bonds is 6. The lowest BCUT2D eigenvalue weighted by Crippen LogP contribution is -2.28. The van der Waals surface area contributed by atoms with Crippen molar-refractivity contribution in [1.29, 1.82) is 0 Å². The van der Waals surface area contributed by atoms with E-state index in [1.807, 2.05) is 34.6 Å². The molecule has 0 aromatic carbocycles. The minimum atomic E-state index is -0.497. The molecule has 0 aromatic rings. The maximum absolute atomic E-state index is 11.6. The summed E-state index contributed by atoms with van der Waals surface area (Å²) < 4.78 is 10.4. The lowest BCUT2D eigenvalue weighted by Gasteiger charge is -2.21. The Balaban J connectivity index is 4.13. The van der Waals surface area contributed by atoms with Crippen molar-refractivity contribution in [3.05, 3.63) is 0 Å².